The molecule has 1 aliphatic carbocycles. The average Bonchev–Trinajstić information content (AvgIpc) is 3.27. The Morgan fingerprint density at radius 2 is 1.31 bits per heavy atom. The molecule has 0 saturated carbocycles. The molecule has 3 fully saturated rings. The number of piperazine rings is 1. The normalized spacial score (nSPS) is 20.9. The van der Waals surface area contributed by atoms with E-state index < -0.39 is 11.2 Å². The second kappa shape index (κ2) is 16.7. The third-order valence-electron chi connectivity index (χ3n) is 13.4. The van der Waals surface area contributed by atoms with Crippen LogP contribution >= 0.6 is 0 Å². The number of benzene rings is 4. The maximum atomic E-state index is 13.6. The molecule has 2 N–H and O–H groups in total. The van der Waals surface area contributed by atoms with Gasteiger partial charge in [-0.1, -0.05) is 48.5 Å². The summed E-state index contributed by atoms with van der Waals surface area (Å²) in [6.07, 6.45) is 7.38. The first-order valence-corrected chi connectivity index (χ1v) is 21.3. The molecule has 0 radical (unpaired) electrons. The number of hydrogen-bond donors (Lipinski definition) is 2. The number of aromatic hydroxyl groups is 1. The molecule has 10 heteroatoms. The lowest BCUT2D eigenvalue weighted by Gasteiger charge is -2.41. The minimum Gasteiger partial charge on any atom is -0.508 e. The number of aromatic amines is 1. The van der Waals surface area contributed by atoms with Crippen molar-refractivity contribution in [3.05, 3.63) is 152 Å². The van der Waals surface area contributed by atoms with Gasteiger partial charge in [0.25, 0.3) is 5.56 Å². The van der Waals surface area contributed by atoms with Gasteiger partial charge in [-0.05, 0) is 121 Å². The highest BCUT2D eigenvalue weighted by atomic mass is 16.3. The first kappa shape index (κ1) is 37.9. The van der Waals surface area contributed by atoms with Gasteiger partial charge in [0.15, 0.2) is 0 Å². The van der Waals surface area contributed by atoms with Crippen LogP contribution in [-0.4, -0.2) is 89.3 Å². The number of rotatable bonds is 8. The molecule has 1 amide bonds. The van der Waals surface area contributed by atoms with Crippen LogP contribution in [0.4, 0.5) is 11.4 Å². The molecular weight excluding hydrogens is 725 g/mol. The molecule has 58 heavy (non-hydrogen) atoms. The Bertz CT molecular complexity index is 2300. The Balaban J connectivity index is 0.731. The number of aromatic nitrogens is 2. The fraction of sp³-hybridized carbons (Fsp3) is 0.396. The summed E-state index contributed by atoms with van der Waals surface area (Å²) >= 11 is 0. The molecule has 5 aromatic rings. The maximum Gasteiger partial charge on any atom is 0.332 e. The largest absolute Gasteiger partial charge is 0.508 e. The van der Waals surface area contributed by atoms with Gasteiger partial charge in [0.1, 0.15) is 5.75 Å². The van der Waals surface area contributed by atoms with Gasteiger partial charge in [0.2, 0.25) is 5.91 Å². The molecule has 0 bridgehead atoms. The van der Waals surface area contributed by atoms with Crippen LogP contribution in [0.2, 0.25) is 0 Å². The number of H-pyrrole nitrogens is 1. The van der Waals surface area contributed by atoms with Crippen LogP contribution in [0, 0.1) is 11.8 Å². The highest BCUT2D eigenvalue weighted by molar-refractivity contribution is 5.79. The summed E-state index contributed by atoms with van der Waals surface area (Å²) in [5, 5.41) is 10.2. The van der Waals surface area contributed by atoms with Crippen molar-refractivity contribution in [1.29, 1.82) is 0 Å². The average molecular weight is 779 g/mol. The van der Waals surface area contributed by atoms with Crippen LogP contribution in [0.15, 0.2) is 119 Å². The van der Waals surface area contributed by atoms with Gasteiger partial charge in [-0.15, -0.1) is 0 Å². The lowest BCUT2D eigenvalue weighted by atomic mass is 9.69. The van der Waals surface area contributed by atoms with Crippen molar-refractivity contribution < 1.29 is 9.90 Å². The summed E-state index contributed by atoms with van der Waals surface area (Å²) in [6, 6.07) is 35.3. The van der Waals surface area contributed by atoms with E-state index in [4.69, 9.17) is 0 Å². The smallest absolute Gasteiger partial charge is 0.332 e. The monoisotopic (exact) mass is 778 g/mol. The van der Waals surface area contributed by atoms with Crippen molar-refractivity contribution >= 4 is 17.3 Å². The minimum absolute atomic E-state index is 0.0761. The number of carbonyl (C=O) groups excluding carboxylic acids is 1. The van der Waals surface area contributed by atoms with Crippen molar-refractivity contribution in [1.82, 2.24) is 19.4 Å². The zero-order valence-corrected chi connectivity index (χ0v) is 33.2. The quantitative estimate of drug-likeness (QED) is 0.189. The number of anilines is 2. The lowest BCUT2D eigenvalue weighted by Crippen LogP contribution is -2.50. The number of carbonyl (C=O) groups is 1. The number of nitrogens with one attached hydrogen (secondary N) is 1. The van der Waals surface area contributed by atoms with E-state index in [1.54, 1.807) is 0 Å². The van der Waals surface area contributed by atoms with Gasteiger partial charge in [0.05, 0.1) is 5.69 Å². The number of hydrogen-bond acceptors (Lipinski definition) is 7. The number of likely N-dealkylation sites (tertiary alicyclic amines) is 1. The first-order valence-electron chi connectivity index (χ1n) is 21.3. The van der Waals surface area contributed by atoms with E-state index in [2.05, 4.69) is 85.2 Å². The molecule has 3 aliphatic heterocycles. The zero-order valence-electron chi connectivity index (χ0n) is 33.2. The number of nitrogens with zero attached hydrogens (tertiary/aromatic N) is 5. The van der Waals surface area contributed by atoms with Gasteiger partial charge in [-0.3, -0.25) is 24.0 Å². The van der Waals surface area contributed by atoms with Crippen molar-refractivity contribution in [2.45, 2.75) is 50.4 Å². The molecule has 0 spiro atoms. The van der Waals surface area contributed by atoms with Gasteiger partial charge in [-0.2, -0.15) is 0 Å². The number of fused-ring (bicyclic) bond motifs is 1. The summed E-state index contributed by atoms with van der Waals surface area (Å²) in [7, 11) is 0. The van der Waals surface area contributed by atoms with E-state index in [-0.39, 0.29) is 11.8 Å². The third kappa shape index (κ3) is 8.07. The van der Waals surface area contributed by atoms with E-state index in [1.807, 2.05) is 36.4 Å². The molecule has 4 heterocycles. The molecule has 0 unspecified atom stereocenters. The summed E-state index contributed by atoms with van der Waals surface area (Å²) < 4.78 is 1.42. The van der Waals surface area contributed by atoms with E-state index in [9.17, 15) is 19.5 Å². The van der Waals surface area contributed by atoms with E-state index >= 15 is 0 Å². The fourth-order valence-electron chi connectivity index (χ4n) is 10.1. The molecule has 4 aromatic carbocycles. The van der Waals surface area contributed by atoms with Gasteiger partial charge < -0.3 is 19.8 Å². The highest BCUT2D eigenvalue weighted by Crippen LogP contribution is 2.47. The van der Waals surface area contributed by atoms with Crippen LogP contribution in [0.25, 0.3) is 5.69 Å². The van der Waals surface area contributed by atoms with Gasteiger partial charge in [0, 0.05) is 94.4 Å². The molecule has 2 atom stereocenters. The Labute approximate surface area is 340 Å². The highest BCUT2D eigenvalue weighted by Gasteiger charge is 2.34. The zero-order chi connectivity index (χ0) is 39.6. The first-order chi connectivity index (χ1) is 28.4. The van der Waals surface area contributed by atoms with E-state index in [0.29, 0.717) is 29.2 Å². The molecular formula is C48H54N6O4. The number of phenols is 1. The second-order valence-electron chi connectivity index (χ2n) is 16.8. The molecule has 300 valence electrons. The predicted octanol–water partition coefficient (Wildman–Crippen LogP) is 6.37. The SMILES string of the molecule is O=C(C1CCN(c2ccc(-n3ccc(=O)[nH]c3=O)cc2)CC1)N1CCC(CN2CCN(c3ccc([C@@H]4c5ccc(O)cc5CC[C@@H]4c4ccccc4)cc3)CC2)CC1. The van der Waals surface area contributed by atoms with E-state index in [0.717, 1.165) is 103 Å². The molecule has 10 nitrogen and oxygen atoms in total. The summed E-state index contributed by atoms with van der Waals surface area (Å²) in [5.74, 6) is 2.04. The third-order valence-corrected chi connectivity index (χ3v) is 13.4. The van der Waals surface area contributed by atoms with Crippen LogP contribution in [0.1, 0.15) is 66.2 Å². The summed E-state index contributed by atoms with van der Waals surface area (Å²) in [5.41, 5.74) is 7.52. The Morgan fingerprint density at radius 3 is 2.00 bits per heavy atom. The van der Waals surface area contributed by atoms with Crippen LogP contribution in [-0.2, 0) is 11.2 Å². The summed E-state index contributed by atoms with van der Waals surface area (Å²) in [6.45, 7) is 8.65. The van der Waals surface area contributed by atoms with Crippen LogP contribution < -0.4 is 21.0 Å². The Kier molecular flexibility index (Phi) is 10.9. The topological polar surface area (TPSA) is 105 Å². The number of piperidine rings is 2. The fourth-order valence-corrected chi connectivity index (χ4v) is 10.1. The minimum atomic E-state index is -0.455. The second-order valence-corrected chi connectivity index (χ2v) is 16.8. The number of amides is 1. The van der Waals surface area contributed by atoms with Crippen LogP contribution in [0.5, 0.6) is 5.75 Å². The van der Waals surface area contributed by atoms with Crippen molar-refractivity contribution in [2.24, 2.45) is 11.8 Å². The molecule has 3 saturated heterocycles. The van der Waals surface area contributed by atoms with Crippen molar-refractivity contribution in [3.63, 3.8) is 0 Å². The molecule has 1 aromatic heterocycles. The Morgan fingerprint density at radius 1 is 0.655 bits per heavy atom. The van der Waals surface area contributed by atoms with Crippen molar-refractivity contribution in [2.75, 3.05) is 68.7 Å². The molecule has 9 rings (SSSR count). The standard InChI is InChI=1S/C48H54N6O4/c55-42-15-17-44-38(32-42)8-16-43(35-4-2-1-3-5-35)46(44)36-6-9-39(10-7-36)52-30-28-50(29-31-52)33-34-18-23-53(24-19-34)47(57)37-20-25-51(26-21-37)40-11-13-41(14-12-40)54-27-22-45(56)49-48(54)58/h1-7,9-15,17,22,27,32,34,37,43,46,55H,8,16,18-21,23-26,28-31,33H2,(H,49,56,58)/t43-,46+/m1/s1. The van der Waals surface area contributed by atoms with Crippen LogP contribution in [0.3, 0.4) is 0 Å². The number of aryl methyl sites for hydroxylation is 1. The van der Waals surface area contributed by atoms with Crippen molar-refractivity contribution in [3.8, 4) is 11.4 Å². The molecule has 4 aliphatic rings. The van der Waals surface area contributed by atoms with E-state index in [1.165, 1.54) is 44.8 Å². The number of phenolic OH excluding ortho intramolecular Hbond substituents is 1. The Hall–Kier alpha value is -5.61. The van der Waals surface area contributed by atoms with Gasteiger partial charge >= 0.3 is 5.69 Å². The predicted molar refractivity (Wildman–Crippen MR) is 229 cm³/mol. The summed E-state index contributed by atoms with van der Waals surface area (Å²) in [4.78, 5) is 49.1. The maximum absolute atomic E-state index is 13.6. The van der Waals surface area contributed by atoms with Gasteiger partial charge in [-0.25, -0.2) is 4.79 Å². The lowest BCUT2D eigenvalue weighted by molar-refractivity contribution is -0.137.